The standard InChI is InChI=1S/C29H33N3O4S2/c1-3-21-10-8-14-26-27(21)30-29(37-26)31(20-24-13-9-19-36-24)28(33)22-15-17-25(18-16-22)38(34,35)32(4-2)23-11-6-5-7-12-23/h8-10,13-19,23H,3-7,11-12,20H2,1-2H3. The average Bonchev–Trinajstić information content (AvgIpc) is 3.62. The molecule has 1 amide bonds. The first-order valence-corrected chi connectivity index (χ1v) is 15.5. The lowest BCUT2D eigenvalue weighted by molar-refractivity contribution is 0.0983. The van der Waals surface area contributed by atoms with E-state index in [2.05, 4.69) is 13.0 Å². The summed E-state index contributed by atoms with van der Waals surface area (Å²) in [6, 6.07) is 16.0. The van der Waals surface area contributed by atoms with E-state index in [-0.39, 0.29) is 23.4 Å². The fourth-order valence-electron chi connectivity index (χ4n) is 5.23. The first-order valence-electron chi connectivity index (χ1n) is 13.3. The fraction of sp³-hybridized carbons (Fsp3) is 0.379. The van der Waals surface area contributed by atoms with E-state index in [1.165, 1.54) is 11.3 Å². The highest BCUT2D eigenvalue weighted by molar-refractivity contribution is 7.89. The Labute approximate surface area is 228 Å². The first kappa shape index (κ1) is 26.6. The fourth-order valence-corrected chi connectivity index (χ4v) is 7.94. The minimum absolute atomic E-state index is 0.0379. The van der Waals surface area contributed by atoms with Crippen LogP contribution >= 0.6 is 11.3 Å². The molecular weight excluding hydrogens is 518 g/mol. The Kier molecular flexibility index (Phi) is 7.97. The van der Waals surface area contributed by atoms with Crippen molar-refractivity contribution in [3.8, 4) is 0 Å². The number of amides is 1. The topological polar surface area (TPSA) is 83.7 Å². The molecule has 0 atom stereocenters. The van der Waals surface area contributed by atoms with Crippen LogP contribution in [0.5, 0.6) is 0 Å². The van der Waals surface area contributed by atoms with Crippen LogP contribution in [-0.4, -0.2) is 36.2 Å². The molecule has 7 nitrogen and oxygen atoms in total. The molecule has 2 heterocycles. The molecule has 1 aliphatic carbocycles. The summed E-state index contributed by atoms with van der Waals surface area (Å²) in [5, 5.41) is 0.577. The number of fused-ring (bicyclic) bond motifs is 1. The molecule has 0 radical (unpaired) electrons. The van der Waals surface area contributed by atoms with Gasteiger partial charge in [-0.3, -0.25) is 9.69 Å². The highest BCUT2D eigenvalue weighted by Crippen LogP contribution is 2.33. The third-order valence-corrected chi connectivity index (χ3v) is 10.3. The van der Waals surface area contributed by atoms with Crippen LogP contribution < -0.4 is 4.90 Å². The van der Waals surface area contributed by atoms with Crippen molar-refractivity contribution in [1.29, 1.82) is 0 Å². The third kappa shape index (κ3) is 5.28. The minimum atomic E-state index is -3.65. The second kappa shape index (κ2) is 11.4. The number of aromatic nitrogens is 1. The van der Waals surface area contributed by atoms with Gasteiger partial charge in [-0.05, 0) is 67.3 Å². The number of furan rings is 1. The van der Waals surface area contributed by atoms with Crippen LogP contribution in [-0.2, 0) is 23.0 Å². The maximum absolute atomic E-state index is 13.8. The molecule has 4 aromatic rings. The van der Waals surface area contributed by atoms with E-state index in [1.807, 2.05) is 25.1 Å². The number of anilines is 1. The van der Waals surface area contributed by atoms with Crippen LogP contribution in [0.4, 0.5) is 5.13 Å². The number of carbonyl (C=O) groups is 1. The van der Waals surface area contributed by atoms with Crippen LogP contribution in [0.1, 0.15) is 67.6 Å². The zero-order valence-electron chi connectivity index (χ0n) is 21.8. The minimum Gasteiger partial charge on any atom is -0.467 e. The lowest BCUT2D eigenvalue weighted by Crippen LogP contribution is -2.41. The average molecular weight is 552 g/mol. The Hall–Kier alpha value is -3.01. The summed E-state index contributed by atoms with van der Waals surface area (Å²) in [5.74, 6) is 0.376. The van der Waals surface area contributed by atoms with Crippen molar-refractivity contribution in [2.24, 2.45) is 0 Å². The molecule has 1 saturated carbocycles. The summed E-state index contributed by atoms with van der Waals surface area (Å²) >= 11 is 1.46. The maximum Gasteiger partial charge on any atom is 0.260 e. The van der Waals surface area contributed by atoms with E-state index in [4.69, 9.17) is 9.40 Å². The largest absolute Gasteiger partial charge is 0.467 e. The number of hydrogen-bond acceptors (Lipinski definition) is 6. The predicted molar refractivity (Wildman–Crippen MR) is 151 cm³/mol. The molecule has 9 heteroatoms. The Morgan fingerprint density at radius 3 is 2.45 bits per heavy atom. The first-order chi connectivity index (χ1) is 18.4. The number of para-hydroxylation sites is 1. The molecule has 0 N–H and O–H groups in total. The quantitative estimate of drug-likeness (QED) is 0.233. The SMILES string of the molecule is CCc1cccc2sc(N(Cc3ccco3)C(=O)c3ccc(S(=O)(=O)N(CC)C4CCCCC4)cc3)nc12. The van der Waals surface area contributed by atoms with E-state index in [0.717, 1.165) is 54.3 Å². The van der Waals surface area contributed by atoms with Crippen LogP contribution in [0, 0.1) is 0 Å². The molecule has 0 aliphatic heterocycles. The van der Waals surface area contributed by atoms with Crippen molar-refractivity contribution in [3.63, 3.8) is 0 Å². The van der Waals surface area contributed by atoms with Crippen LogP contribution in [0.15, 0.2) is 70.2 Å². The molecule has 1 aliphatic rings. The van der Waals surface area contributed by atoms with Crippen LogP contribution in [0.25, 0.3) is 10.2 Å². The van der Waals surface area contributed by atoms with E-state index in [0.29, 0.717) is 23.0 Å². The van der Waals surface area contributed by atoms with E-state index in [1.54, 1.807) is 45.8 Å². The molecule has 38 heavy (non-hydrogen) atoms. The summed E-state index contributed by atoms with van der Waals surface area (Å²) in [7, 11) is -3.65. The lowest BCUT2D eigenvalue weighted by atomic mass is 9.95. The third-order valence-electron chi connectivity index (χ3n) is 7.24. The highest BCUT2D eigenvalue weighted by atomic mass is 32.2. The number of thiazole rings is 1. The van der Waals surface area contributed by atoms with Crippen molar-refractivity contribution in [1.82, 2.24) is 9.29 Å². The van der Waals surface area contributed by atoms with E-state index in [9.17, 15) is 13.2 Å². The Morgan fingerprint density at radius 1 is 1.03 bits per heavy atom. The van der Waals surface area contributed by atoms with Gasteiger partial charge in [0, 0.05) is 18.2 Å². The molecule has 0 unspecified atom stereocenters. The normalized spacial score (nSPS) is 14.8. The maximum atomic E-state index is 13.8. The zero-order chi connectivity index (χ0) is 26.7. The summed E-state index contributed by atoms with van der Waals surface area (Å²) in [6.45, 7) is 4.63. The van der Waals surface area contributed by atoms with Crippen molar-refractivity contribution in [3.05, 3.63) is 77.7 Å². The van der Waals surface area contributed by atoms with Gasteiger partial charge in [-0.2, -0.15) is 4.31 Å². The molecule has 200 valence electrons. The lowest BCUT2D eigenvalue weighted by Gasteiger charge is -2.32. The molecular formula is C29H33N3O4S2. The van der Waals surface area contributed by atoms with Crippen molar-refractivity contribution in [2.75, 3.05) is 11.4 Å². The van der Waals surface area contributed by atoms with Gasteiger partial charge in [0.1, 0.15) is 5.76 Å². The van der Waals surface area contributed by atoms with E-state index >= 15 is 0 Å². The summed E-state index contributed by atoms with van der Waals surface area (Å²) in [4.78, 5) is 20.4. The van der Waals surface area contributed by atoms with Gasteiger partial charge in [-0.15, -0.1) is 0 Å². The number of rotatable bonds is 9. The smallest absolute Gasteiger partial charge is 0.260 e. The van der Waals surface area contributed by atoms with Gasteiger partial charge in [-0.25, -0.2) is 13.4 Å². The van der Waals surface area contributed by atoms with Crippen LogP contribution in [0.2, 0.25) is 0 Å². The molecule has 0 saturated heterocycles. The predicted octanol–water partition coefficient (Wildman–Crippen LogP) is 6.64. The van der Waals surface area contributed by atoms with Gasteiger partial charge in [0.25, 0.3) is 5.91 Å². The number of hydrogen-bond donors (Lipinski definition) is 0. The van der Waals surface area contributed by atoms with Crippen molar-refractivity contribution in [2.45, 2.75) is 69.9 Å². The van der Waals surface area contributed by atoms with Gasteiger partial charge < -0.3 is 4.42 Å². The Morgan fingerprint density at radius 2 is 1.79 bits per heavy atom. The summed E-state index contributed by atoms with van der Waals surface area (Å²) in [6.07, 6.45) is 7.49. The number of sulfonamides is 1. The van der Waals surface area contributed by atoms with Crippen LogP contribution in [0.3, 0.4) is 0 Å². The molecule has 0 spiro atoms. The molecule has 5 rings (SSSR count). The molecule has 2 aromatic carbocycles. The van der Waals surface area contributed by atoms with E-state index < -0.39 is 10.0 Å². The van der Waals surface area contributed by atoms with Crippen molar-refractivity contribution < 1.29 is 17.6 Å². The number of aryl methyl sites for hydroxylation is 1. The second-order valence-corrected chi connectivity index (χ2v) is 12.5. The second-order valence-electron chi connectivity index (χ2n) is 9.61. The van der Waals surface area contributed by atoms with Gasteiger partial charge in [-0.1, -0.05) is 56.6 Å². The molecule has 1 fully saturated rings. The van der Waals surface area contributed by atoms with Crippen molar-refractivity contribution >= 4 is 42.6 Å². The summed E-state index contributed by atoms with van der Waals surface area (Å²) in [5.41, 5.74) is 2.42. The molecule has 2 aromatic heterocycles. The number of carbonyl (C=O) groups excluding carboxylic acids is 1. The van der Waals surface area contributed by atoms with Gasteiger partial charge >= 0.3 is 0 Å². The zero-order valence-corrected chi connectivity index (χ0v) is 23.4. The molecule has 0 bridgehead atoms. The summed E-state index contributed by atoms with van der Waals surface area (Å²) < 4.78 is 35.1. The Bertz CT molecular complexity index is 1490. The van der Waals surface area contributed by atoms with Gasteiger partial charge in [0.05, 0.1) is 27.9 Å². The number of benzene rings is 2. The number of nitrogens with zero attached hydrogens (tertiary/aromatic N) is 3. The van der Waals surface area contributed by atoms with Gasteiger partial charge in [0.15, 0.2) is 5.13 Å². The Balaban J connectivity index is 1.45. The van der Waals surface area contributed by atoms with Gasteiger partial charge in [0.2, 0.25) is 10.0 Å². The monoisotopic (exact) mass is 551 g/mol. The highest BCUT2D eigenvalue weighted by Gasteiger charge is 2.31.